The molecule has 1 aliphatic rings. The van der Waals surface area contributed by atoms with Gasteiger partial charge in [0.05, 0.1) is 6.54 Å². The zero-order valence-corrected chi connectivity index (χ0v) is 16.2. The fourth-order valence-electron chi connectivity index (χ4n) is 2.94. The number of guanidine groups is 1. The third-order valence-corrected chi connectivity index (χ3v) is 4.73. The van der Waals surface area contributed by atoms with E-state index in [1.165, 1.54) is 19.0 Å². The molecule has 6 heteroatoms. The molecular formula is C18H28BrFN4. The number of piperidine rings is 1. The molecule has 0 bridgehead atoms. The second-order valence-electron chi connectivity index (χ2n) is 6.19. The van der Waals surface area contributed by atoms with Gasteiger partial charge in [0.2, 0.25) is 0 Å². The Kier molecular flexibility index (Phi) is 7.99. The average molecular weight is 399 g/mol. The van der Waals surface area contributed by atoms with Gasteiger partial charge in [-0.2, -0.15) is 0 Å². The number of rotatable bonds is 6. The van der Waals surface area contributed by atoms with Crippen molar-refractivity contribution in [2.24, 2.45) is 4.99 Å². The van der Waals surface area contributed by atoms with Gasteiger partial charge >= 0.3 is 0 Å². The number of likely N-dealkylation sites (tertiary alicyclic amines) is 1. The summed E-state index contributed by atoms with van der Waals surface area (Å²) in [4.78, 5) is 7.06. The summed E-state index contributed by atoms with van der Waals surface area (Å²) in [7, 11) is 0. The van der Waals surface area contributed by atoms with E-state index in [9.17, 15) is 4.39 Å². The molecule has 0 spiro atoms. The smallest absolute Gasteiger partial charge is 0.191 e. The minimum Gasteiger partial charge on any atom is -0.357 e. The zero-order valence-electron chi connectivity index (χ0n) is 14.6. The van der Waals surface area contributed by atoms with Crippen LogP contribution in [-0.2, 0) is 6.54 Å². The van der Waals surface area contributed by atoms with E-state index in [1.807, 2.05) is 13.0 Å². The molecule has 1 aromatic carbocycles. The van der Waals surface area contributed by atoms with Gasteiger partial charge in [0.15, 0.2) is 5.96 Å². The van der Waals surface area contributed by atoms with E-state index in [0.717, 1.165) is 42.9 Å². The van der Waals surface area contributed by atoms with Gasteiger partial charge in [0, 0.05) is 35.7 Å². The Morgan fingerprint density at radius 2 is 2.08 bits per heavy atom. The normalized spacial score (nSPS) is 17.1. The lowest BCUT2D eigenvalue weighted by Gasteiger charge is -2.32. The first kappa shape index (κ1) is 19.2. The first-order valence-corrected chi connectivity index (χ1v) is 9.62. The molecule has 0 aliphatic carbocycles. The third kappa shape index (κ3) is 6.06. The second kappa shape index (κ2) is 9.99. The monoisotopic (exact) mass is 398 g/mol. The van der Waals surface area contributed by atoms with Crippen LogP contribution in [0.2, 0.25) is 0 Å². The molecule has 134 valence electrons. The number of hydrogen-bond acceptors (Lipinski definition) is 2. The topological polar surface area (TPSA) is 39.7 Å². The maximum atomic E-state index is 13.9. The predicted octanol–water partition coefficient (Wildman–Crippen LogP) is 3.52. The lowest BCUT2D eigenvalue weighted by Crippen LogP contribution is -2.48. The van der Waals surface area contributed by atoms with Crippen LogP contribution in [0.15, 0.2) is 27.7 Å². The molecule has 4 nitrogen and oxygen atoms in total. The maximum absolute atomic E-state index is 13.9. The zero-order chi connectivity index (χ0) is 17.4. The minimum absolute atomic E-state index is 0.225. The number of halogens is 2. The van der Waals surface area contributed by atoms with Crippen molar-refractivity contribution in [3.63, 3.8) is 0 Å². The Morgan fingerprint density at radius 3 is 2.71 bits per heavy atom. The highest BCUT2D eigenvalue weighted by Crippen LogP contribution is 2.16. The van der Waals surface area contributed by atoms with Crippen LogP contribution in [0.5, 0.6) is 0 Å². The number of nitrogens with zero attached hydrogens (tertiary/aromatic N) is 2. The number of nitrogens with one attached hydrogen (secondary N) is 2. The molecule has 24 heavy (non-hydrogen) atoms. The lowest BCUT2D eigenvalue weighted by molar-refractivity contribution is 0.206. The van der Waals surface area contributed by atoms with Crippen LogP contribution in [-0.4, -0.2) is 43.1 Å². The molecule has 1 aliphatic heterocycles. The molecule has 1 fully saturated rings. The highest BCUT2D eigenvalue weighted by Gasteiger charge is 2.19. The van der Waals surface area contributed by atoms with E-state index < -0.39 is 0 Å². The summed E-state index contributed by atoms with van der Waals surface area (Å²) in [5.74, 6) is 0.547. The van der Waals surface area contributed by atoms with Crippen molar-refractivity contribution in [1.82, 2.24) is 15.5 Å². The first-order chi connectivity index (χ1) is 11.6. The Hall–Kier alpha value is -1.14. The van der Waals surface area contributed by atoms with Crippen LogP contribution in [0, 0.1) is 5.82 Å². The molecule has 1 aromatic rings. The predicted molar refractivity (Wildman–Crippen MR) is 102 cm³/mol. The van der Waals surface area contributed by atoms with Gasteiger partial charge in [0.25, 0.3) is 0 Å². The van der Waals surface area contributed by atoms with E-state index in [2.05, 4.69) is 43.4 Å². The summed E-state index contributed by atoms with van der Waals surface area (Å²) < 4.78 is 14.7. The van der Waals surface area contributed by atoms with Crippen molar-refractivity contribution in [2.75, 3.05) is 26.2 Å². The van der Waals surface area contributed by atoms with Crippen LogP contribution in [0.1, 0.15) is 38.7 Å². The molecule has 0 radical (unpaired) electrons. The molecule has 0 aromatic heterocycles. The van der Waals surface area contributed by atoms with Crippen LogP contribution in [0.25, 0.3) is 0 Å². The van der Waals surface area contributed by atoms with Crippen molar-refractivity contribution in [3.8, 4) is 0 Å². The Labute approximate surface area is 153 Å². The maximum Gasteiger partial charge on any atom is 0.191 e. The average Bonchev–Trinajstić information content (AvgIpc) is 2.56. The Bertz CT molecular complexity index is 542. The van der Waals surface area contributed by atoms with Crippen molar-refractivity contribution in [1.29, 1.82) is 0 Å². The van der Waals surface area contributed by atoms with Crippen LogP contribution in [0.3, 0.4) is 0 Å². The standard InChI is InChI=1S/C18H28BrFN4/c1-3-9-24-10-7-16(8-11-24)23-18(21-4-2)22-13-14-5-6-15(19)12-17(14)20/h5-6,12,16H,3-4,7-11,13H2,1-2H3,(H2,21,22,23). The highest BCUT2D eigenvalue weighted by molar-refractivity contribution is 9.10. The van der Waals surface area contributed by atoms with Gasteiger partial charge in [-0.1, -0.05) is 28.9 Å². The van der Waals surface area contributed by atoms with E-state index in [4.69, 9.17) is 0 Å². The van der Waals surface area contributed by atoms with Crippen molar-refractivity contribution in [3.05, 3.63) is 34.1 Å². The van der Waals surface area contributed by atoms with Crippen LogP contribution in [0.4, 0.5) is 4.39 Å². The summed E-state index contributed by atoms with van der Waals surface area (Å²) in [6, 6.07) is 5.54. The molecule has 1 heterocycles. The summed E-state index contributed by atoms with van der Waals surface area (Å²) in [6.07, 6.45) is 3.45. The van der Waals surface area contributed by atoms with Gasteiger partial charge in [-0.3, -0.25) is 0 Å². The van der Waals surface area contributed by atoms with Gasteiger partial charge in [-0.05, 0) is 44.9 Å². The third-order valence-electron chi connectivity index (χ3n) is 4.24. The Balaban J connectivity index is 1.91. The van der Waals surface area contributed by atoms with Gasteiger partial charge in [0.1, 0.15) is 5.82 Å². The van der Waals surface area contributed by atoms with Gasteiger partial charge in [-0.15, -0.1) is 0 Å². The minimum atomic E-state index is -0.225. The van der Waals surface area contributed by atoms with E-state index in [-0.39, 0.29) is 5.82 Å². The summed E-state index contributed by atoms with van der Waals surface area (Å²) in [6.45, 7) is 8.84. The van der Waals surface area contributed by atoms with Crippen LogP contribution < -0.4 is 10.6 Å². The molecule has 0 atom stereocenters. The summed E-state index contributed by atoms with van der Waals surface area (Å²) in [5.41, 5.74) is 0.605. The van der Waals surface area contributed by atoms with Crippen molar-refractivity contribution in [2.45, 2.75) is 45.7 Å². The molecule has 2 N–H and O–H groups in total. The van der Waals surface area contributed by atoms with E-state index >= 15 is 0 Å². The number of benzene rings is 1. The van der Waals surface area contributed by atoms with Crippen molar-refractivity contribution >= 4 is 21.9 Å². The van der Waals surface area contributed by atoms with Gasteiger partial charge < -0.3 is 15.5 Å². The summed E-state index contributed by atoms with van der Waals surface area (Å²) in [5, 5.41) is 6.76. The second-order valence-corrected chi connectivity index (χ2v) is 7.11. The fourth-order valence-corrected chi connectivity index (χ4v) is 3.28. The molecule has 2 rings (SSSR count). The first-order valence-electron chi connectivity index (χ1n) is 8.83. The lowest BCUT2D eigenvalue weighted by atomic mass is 10.1. The number of aliphatic imine (C=N–C) groups is 1. The van der Waals surface area contributed by atoms with E-state index in [1.54, 1.807) is 6.07 Å². The highest BCUT2D eigenvalue weighted by atomic mass is 79.9. The quantitative estimate of drug-likeness (QED) is 0.568. The fraction of sp³-hybridized carbons (Fsp3) is 0.611. The van der Waals surface area contributed by atoms with Crippen LogP contribution >= 0.6 is 15.9 Å². The Morgan fingerprint density at radius 1 is 1.33 bits per heavy atom. The van der Waals surface area contributed by atoms with Crippen molar-refractivity contribution < 1.29 is 4.39 Å². The SMILES string of the molecule is CCCN1CCC(NC(=NCc2ccc(Br)cc2F)NCC)CC1. The molecular weight excluding hydrogens is 371 g/mol. The molecule has 0 saturated carbocycles. The van der Waals surface area contributed by atoms with Gasteiger partial charge in [-0.25, -0.2) is 9.38 Å². The van der Waals surface area contributed by atoms with E-state index in [0.29, 0.717) is 18.2 Å². The molecule has 0 unspecified atom stereocenters. The molecule has 0 amide bonds. The molecule has 1 saturated heterocycles. The number of hydrogen-bond donors (Lipinski definition) is 2. The summed E-state index contributed by atoms with van der Waals surface area (Å²) >= 11 is 3.28. The largest absolute Gasteiger partial charge is 0.357 e.